The van der Waals surface area contributed by atoms with Crippen molar-refractivity contribution >= 4 is 22.7 Å². The fourth-order valence-electron chi connectivity index (χ4n) is 7.27. The second kappa shape index (κ2) is 14.2. The van der Waals surface area contributed by atoms with Crippen LogP contribution in [0.25, 0.3) is 67.5 Å². The number of hydrogen-bond acceptors (Lipinski definition) is 6. The van der Waals surface area contributed by atoms with E-state index in [-0.39, 0.29) is 6.17 Å². The molecule has 8 aromatic rings. The lowest BCUT2D eigenvalue weighted by Gasteiger charge is -2.26. The van der Waals surface area contributed by atoms with E-state index in [1.54, 1.807) is 0 Å². The summed E-state index contributed by atoms with van der Waals surface area (Å²) in [4.78, 5) is 17.1. The van der Waals surface area contributed by atoms with E-state index in [1.165, 1.54) is 11.4 Å². The highest BCUT2D eigenvalue weighted by atomic mass is 15.3. The number of rotatable bonds is 8. The van der Waals surface area contributed by atoms with Gasteiger partial charge in [-0.05, 0) is 94.4 Å². The lowest BCUT2D eigenvalue weighted by molar-refractivity contribution is 0.728. The first-order valence-electron chi connectivity index (χ1n) is 18.3. The number of nitrogens with zero attached hydrogens (tertiary/aromatic N) is 4. The molecule has 0 radical (unpaired) electrons. The molecule has 0 saturated carbocycles. The second-order valence-electron chi connectivity index (χ2n) is 13.5. The Morgan fingerprint density at radius 2 is 0.926 bits per heavy atom. The molecule has 0 fully saturated rings. The number of para-hydroxylation sites is 2. The highest BCUT2D eigenvalue weighted by molar-refractivity contribution is 5.85. The lowest BCUT2D eigenvalue weighted by atomic mass is 9.95. The summed E-state index contributed by atoms with van der Waals surface area (Å²) in [6.07, 6.45) is 1.20. The Hall–Kier alpha value is -7.05. The van der Waals surface area contributed by atoms with Gasteiger partial charge in [-0.1, -0.05) is 128 Å². The normalized spacial score (nSPS) is 13.4. The largest absolute Gasteiger partial charge is 0.399 e. The van der Waals surface area contributed by atoms with E-state index in [1.807, 2.05) is 66.7 Å². The van der Waals surface area contributed by atoms with Crippen LogP contribution in [-0.4, -0.2) is 21.1 Å². The maximum atomic E-state index is 6.56. The highest BCUT2D eigenvalue weighted by Crippen LogP contribution is 2.41. The van der Waals surface area contributed by atoms with Gasteiger partial charge < -0.3 is 16.0 Å². The zero-order chi connectivity index (χ0) is 36.4. The number of benzene rings is 7. The molecule has 9 rings (SSSR count). The SMILES string of the molecule is CCC1Nc2ccccc2N1c1ccc(-c2cc(N)cc(-c3cccc(-c4cccc(-c5nc(-c6ccccc6)nc(-c6ccccc6)n5)c4)c3)c2)cc1. The molecular formula is C48H38N6. The molecule has 3 N–H and O–H groups in total. The molecule has 0 aliphatic carbocycles. The third kappa shape index (κ3) is 6.46. The molecule has 7 aromatic carbocycles. The first-order valence-corrected chi connectivity index (χ1v) is 18.3. The number of nitrogens with two attached hydrogens (primary N) is 1. The van der Waals surface area contributed by atoms with Crippen LogP contribution in [-0.2, 0) is 0 Å². The van der Waals surface area contributed by atoms with Crippen LogP contribution in [0.3, 0.4) is 0 Å². The summed E-state index contributed by atoms with van der Waals surface area (Å²) in [5, 5.41) is 3.66. The van der Waals surface area contributed by atoms with E-state index in [0.717, 1.165) is 67.9 Å². The fraction of sp³-hybridized carbons (Fsp3) is 0.0625. The number of aromatic nitrogens is 3. The third-order valence-electron chi connectivity index (χ3n) is 9.97. The summed E-state index contributed by atoms with van der Waals surface area (Å²) in [7, 11) is 0. The summed E-state index contributed by atoms with van der Waals surface area (Å²) in [5.41, 5.74) is 20.1. The molecule has 1 aliphatic heterocycles. The predicted octanol–water partition coefficient (Wildman–Crippen LogP) is 11.8. The standard InChI is InChI=1S/C48H38N6/c1-2-45-50-43-21-9-10-22-44(43)54(45)42-25-23-32(24-26-42)39-29-40(31-41(49)30-39)37-19-11-17-35(27-37)36-18-12-20-38(28-36)48-52-46(33-13-5-3-6-14-33)51-47(53-48)34-15-7-4-8-16-34/h3-31,45,50H,2,49H2,1H3. The minimum Gasteiger partial charge on any atom is -0.399 e. The van der Waals surface area contributed by atoms with Crippen molar-refractivity contribution in [2.24, 2.45) is 0 Å². The Kier molecular flexibility index (Phi) is 8.61. The molecule has 2 heterocycles. The van der Waals surface area contributed by atoms with Crippen molar-refractivity contribution in [2.75, 3.05) is 16.0 Å². The molecule has 1 atom stereocenters. The van der Waals surface area contributed by atoms with Crippen molar-refractivity contribution in [3.05, 3.63) is 176 Å². The monoisotopic (exact) mass is 698 g/mol. The average Bonchev–Trinajstić information content (AvgIpc) is 3.63. The van der Waals surface area contributed by atoms with Gasteiger partial charge in [0.05, 0.1) is 11.4 Å². The van der Waals surface area contributed by atoms with Crippen molar-refractivity contribution in [2.45, 2.75) is 19.5 Å². The Labute approximate surface area is 315 Å². The Bertz CT molecular complexity index is 2530. The summed E-state index contributed by atoms with van der Waals surface area (Å²) in [6.45, 7) is 2.21. The van der Waals surface area contributed by atoms with Crippen LogP contribution in [0.2, 0.25) is 0 Å². The smallest absolute Gasteiger partial charge is 0.164 e. The van der Waals surface area contributed by atoms with Gasteiger partial charge in [0.15, 0.2) is 17.5 Å². The van der Waals surface area contributed by atoms with Crippen LogP contribution in [0.5, 0.6) is 0 Å². The van der Waals surface area contributed by atoms with Gasteiger partial charge in [0, 0.05) is 28.1 Å². The van der Waals surface area contributed by atoms with Crippen LogP contribution in [0.15, 0.2) is 176 Å². The molecule has 260 valence electrons. The molecule has 6 nitrogen and oxygen atoms in total. The quantitative estimate of drug-likeness (QED) is 0.154. The minimum absolute atomic E-state index is 0.218. The second-order valence-corrected chi connectivity index (χ2v) is 13.5. The molecule has 0 bridgehead atoms. The average molecular weight is 699 g/mol. The van der Waals surface area contributed by atoms with Crippen molar-refractivity contribution in [1.82, 2.24) is 15.0 Å². The summed E-state index contributed by atoms with van der Waals surface area (Å²) >= 11 is 0. The fourth-order valence-corrected chi connectivity index (χ4v) is 7.27. The molecule has 54 heavy (non-hydrogen) atoms. The third-order valence-corrected chi connectivity index (χ3v) is 9.97. The van der Waals surface area contributed by atoms with Crippen LogP contribution in [0.1, 0.15) is 13.3 Å². The maximum Gasteiger partial charge on any atom is 0.164 e. The van der Waals surface area contributed by atoms with E-state index in [2.05, 4.69) is 126 Å². The first-order chi connectivity index (χ1) is 26.6. The minimum atomic E-state index is 0.218. The predicted molar refractivity (Wildman–Crippen MR) is 223 cm³/mol. The van der Waals surface area contributed by atoms with Gasteiger partial charge >= 0.3 is 0 Å². The number of fused-ring (bicyclic) bond motifs is 1. The highest BCUT2D eigenvalue weighted by Gasteiger charge is 2.28. The molecule has 1 aromatic heterocycles. The number of nitrogens with one attached hydrogen (secondary N) is 1. The maximum absolute atomic E-state index is 6.56. The molecule has 0 saturated heterocycles. The zero-order valence-electron chi connectivity index (χ0n) is 29.9. The van der Waals surface area contributed by atoms with Crippen LogP contribution in [0.4, 0.5) is 22.7 Å². The number of hydrogen-bond donors (Lipinski definition) is 2. The lowest BCUT2D eigenvalue weighted by Crippen LogP contribution is -2.30. The molecule has 0 amide bonds. The van der Waals surface area contributed by atoms with Crippen molar-refractivity contribution < 1.29 is 0 Å². The van der Waals surface area contributed by atoms with E-state index >= 15 is 0 Å². The van der Waals surface area contributed by atoms with E-state index in [9.17, 15) is 0 Å². The topological polar surface area (TPSA) is 80.0 Å². The van der Waals surface area contributed by atoms with E-state index in [0.29, 0.717) is 17.5 Å². The van der Waals surface area contributed by atoms with Crippen LogP contribution < -0.4 is 16.0 Å². The molecule has 1 aliphatic rings. The van der Waals surface area contributed by atoms with Crippen LogP contribution in [0, 0.1) is 0 Å². The molecular weight excluding hydrogens is 661 g/mol. The molecule has 1 unspecified atom stereocenters. The first kappa shape index (κ1) is 32.8. The molecule has 0 spiro atoms. The van der Waals surface area contributed by atoms with Gasteiger partial charge in [0.2, 0.25) is 0 Å². The van der Waals surface area contributed by atoms with E-state index in [4.69, 9.17) is 20.7 Å². The van der Waals surface area contributed by atoms with Crippen molar-refractivity contribution in [3.63, 3.8) is 0 Å². The Morgan fingerprint density at radius 1 is 0.463 bits per heavy atom. The summed E-state index contributed by atoms with van der Waals surface area (Å²) < 4.78 is 0. The Morgan fingerprint density at radius 3 is 1.54 bits per heavy atom. The van der Waals surface area contributed by atoms with Gasteiger partial charge in [-0.2, -0.15) is 0 Å². The Balaban J connectivity index is 1.03. The van der Waals surface area contributed by atoms with Gasteiger partial charge in [-0.25, -0.2) is 15.0 Å². The van der Waals surface area contributed by atoms with E-state index < -0.39 is 0 Å². The van der Waals surface area contributed by atoms with Gasteiger partial charge in [0.25, 0.3) is 0 Å². The number of anilines is 4. The molecule has 6 heteroatoms. The van der Waals surface area contributed by atoms with Crippen molar-refractivity contribution in [1.29, 1.82) is 0 Å². The number of nitrogen functional groups attached to an aromatic ring is 1. The zero-order valence-corrected chi connectivity index (χ0v) is 29.9. The van der Waals surface area contributed by atoms with Crippen molar-refractivity contribution in [3.8, 4) is 67.5 Å². The van der Waals surface area contributed by atoms with Gasteiger partial charge in [-0.15, -0.1) is 0 Å². The summed E-state index contributed by atoms with van der Waals surface area (Å²) in [5.74, 6) is 1.91. The summed E-state index contributed by atoms with van der Waals surface area (Å²) in [6, 6.07) is 60.7. The van der Waals surface area contributed by atoms with Gasteiger partial charge in [-0.3, -0.25) is 0 Å². The van der Waals surface area contributed by atoms with Crippen LogP contribution >= 0.6 is 0 Å². The van der Waals surface area contributed by atoms with Gasteiger partial charge in [0.1, 0.15) is 6.17 Å².